The second kappa shape index (κ2) is 20.7. The van der Waals surface area contributed by atoms with E-state index in [1.165, 1.54) is 17.6 Å². The number of aliphatic hydroxyl groups is 1. The van der Waals surface area contributed by atoms with Crippen LogP contribution in [0.2, 0.25) is 0 Å². The highest BCUT2D eigenvalue weighted by molar-refractivity contribution is 7.99. The Bertz CT molecular complexity index is 1400. The van der Waals surface area contributed by atoms with Crippen molar-refractivity contribution in [3.8, 4) is 0 Å². The number of nitrogens with one attached hydrogen (secondary N) is 3. The third-order valence-electron chi connectivity index (χ3n) is 10.5. The lowest BCUT2D eigenvalue weighted by atomic mass is 9.81. The third kappa shape index (κ3) is 12.1. The third-order valence-corrected chi connectivity index (χ3v) is 11.5. The first-order chi connectivity index (χ1) is 25.0. The topological polar surface area (TPSA) is 157 Å². The smallest absolute Gasteiger partial charge is 0.410 e. The van der Waals surface area contributed by atoms with Crippen molar-refractivity contribution in [1.82, 2.24) is 30.4 Å². The highest BCUT2D eigenvalue weighted by Gasteiger charge is 2.50. The van der Waals surface area contributed by atoms with Crippen LogP contribution in [0.25, 0.3) is 0 Å². The Labute approximate surface area is 313 Å². The summed E-state index contributed by atoms with van der Waals surface area (Å²) in [5, 5.41) is 17.7. The normalized spacial score (nSPS) is 18.2. The standard InChI is InChI=1S/C39H60N6O6S/c1-28(2)15-16-33(46)32(23-29-11-7-5-8-12-29)43-37(49)39(40-3,25-31-26-41-27-42-31)36(48)34(24-30-13-9-6-10-14-30)51-38(50)44(4)18-17-35(47)45-19-21-52-22-20-45/h6,9-10,13-14,26-29,32-34,40,46H,5,7-8,11-12,15-25H2,1-4H3,(H,41,42)(H,43,49)/t32-,33-,34-,39+/m0/s1. The van der Waals surface area contributed by atoms with E-state index in [-0.39, 0.29) is 31.7 Å². The van der Waals surface area contributed by atoms with Gasteiger partial charge in [-0.05, 0) is 43.7 Å². The van der Waals surface area contributed by atoms with Crippen molar-refractivity contribution >= 4 is 35.5 Å². The number of likely N-dealkylation sites (N-methyl/N-ethyl adjacent to an activating group) is 1. The predicted molar refractivity (Wildman–Crippen MR) is 204 cm³/mol. The largest absolute Gasteiger partial charge is 0.438 e. The number of aromatic amines is 1. The van der Waals surface area contributed by atoms with Crippen molar-refractivity contribution in [3.63, 3.8) is 0 Å². The zero-order chi connectivity index (χ0) is 37.5. The first-order valence-electron chi connectivity index (χ1n) is 19.0. The summed E-state index contributed by atoms with van der Waals surface area (Å²) in [6, 6.07) is 8.66. The molecule has 4 rings (SSSR count). The molecule has 2 heterocycles. The fourth-order valence-corrected chi connectivity index (χ4v) is 8.09. The van der Waals surface area contributed by atoms with E-state index in [4.69, 9.17) is 4.74 Å². The Morgan fingerprint density at radius 1 is 1.10 bits per heavy atom. The maximum absolute atomic E-state index is 15.0. The van der Waals surface area contributed by atoms with Crippen molar-refractivity contribution in [2.24, 2.45) is 11.8 Å². The highest BCUT2D eigenvalue weighted by Crippen LogP contribution is 2.30. The van der Waals surface area contributed by atoms with Gasteiger partial charge in [-0.1, -0.05) is 76.3 Å². The van der Waals surface area contributed by atoms with Gasteiger partial charge >= 0.3 is 6.09 Å². The number of rotatable bonds is 19. The number of H-pyrrole nitrogens is 1. The van der Waals surface area contributed by atoms with Crippen molar-refractivity contribution in [3.05, 3.63) is 54.1 Å². The van der Waals surface area contributed by atoms with Gasteiger partial charge in [0.25, 0.3) is 0 Å². The van der Waals surface area contributed by atoms with Crippen LogP contribution in [0.1, 0.15) is 82.9 Å². The van der Waals surface area contributed by atoms with Gasteiger partial charge in [0.2, 0.25) is 17.6 Å². The van der Waals surface area contributed by atoms with Crippen LogP contribution in [-0.2, 0) is 32.0 Å². The molecule has 0 bridgehead atoms. The van der Waals surface area contributed by atoms with E-state index >= 15 is 0 Å². The highest BCUT2D eigenvalue weighted by atomic mass is 32.2. The summed E-state index contributed by atoms with van der Waals surface area (Å²) in [7, 11) is 3.10. The minimum absolute atomic E-state index is 0.0272. The monoisotopic (exact) mass is 740 g/mol. The maximum Gasteiger partial charge on any atom is 0.410 e. The van der Waals surface area contributed by atoms with Crippen LogP contribution in [0.4, 0.5) is 4.79 Å². The lowest BCUT2D eigenvalue weighted by molar-refractivity contribution is -0.144. The summed E-state index contributed by atoms with van der Waals surface area (Å²) in [6.45, 7) is 5.70. The molecule has 2 aromatic rings. The molecule has 3 amide bonds. The number of ether oxygens (including phenoxy) is 1. The van der Waals surface area contributed by atoms with Gasteiger partial charge in [0.15, 0.2) is 11.6 Å². The number of aliphatic hydroxyl groups excluding tert-OH is 1. The van der Waals surface area contributed by atoms with Gasteiger partial charge in [0.1, 0.15) is 0 Å². The Morgan fingerprint density at radius 3 is 2.44 bits per heavy atom. The van der Waals surface area contributed by atoms with Crippen LogP contribution < -0.4 is 10.6 Å². The number of Topliss-reactive ketones (excluding diaryl/α,β-unsaturated/α-hetero) is 1. The predicted octanol–water partition coefficient (Wildman–Crippen LogP) is 4.38. The number of hydrogen-bond acceptors (Lipinski definition) is 9. The van der Waals surface area contributed by atoms with Crippen LogP contribution in [-0.4, -0.2) is 118 Å². The zero-order valence-electron chi connectivity index (χ0n) is 31.5. The molecule has 1 aromatic heterocycles. The molecule has 0 radical (unpaired) electrons. The van der Waals surface area contributed by atoms with E-state index < -0.39 is 41.6 Å². The average Bonchev–Trinajstić information content (AvgIpc) is 3.68. The van der Waals surface area contributed by atoms with Crippen molar-refractivity contribution in [2.75, 3.05) is 45.2 Å². The molecule has 1 saturated carbocycles. The average molecular weight is 741 g/mol. The van der Waals surface area contributed by atoms with Crippen LogP contribution in [0.5, 0.6) is 0 Å². The molecule has 0 unspecified atom stereocenters. The number of ketones is 1. The molecule has 288 valence electrons. The van der Waals surface area contributed by atoms with Gasteiger partial charge in [-0.3, -0.25) is 19.7 Å². The van der Waals surface area contributed by atoms with Gasteiger partial charge in [-0.25, -0.2) is 9.78 Å². The molecule has 1 aliphatic heterocycles. The minimum atomic E-state index is -1.88. The summed E-state index contributed by atoms with van der Waals surface area (Å²) >= 11 is 1.82. The second-order valence-electron chi connectivity index (χ2n) is 14.9. The van der Waals surface area contributed by atoms with E-state index in [2.05, 4.69) is 34.4 Å². The first kappa shape index (κ1) is 41.3. The molecule has 4 N–H and O–H groups in total. The number of carbonyl (C=O) groups excluding carboxylic acids is 4. The lowest BCUT2D eigenvalue weighted by Crippen LogP contribution is -2.67. The van der Waals surface area contributed by atoms with E-state index in [1.54, 1.807) is 20.3 Å². The number of aromatic nitrogens is 2. The molecular formula is C39H60N6O6S. The van der Waals surface area contributed by atoms with Crippen molar-refractivity contribution in [1.29, 1.82) is 0 Å². The number of amides is 3. The second-order valence-corrected chi connectivity index (χ2v) is 16.1. The Morgan fingerprint density at radius 2 is 1.81 bits per heavy atom. The minimum Gasteiger partial charge on any atom is -0.438 e. The Kier molecular flexibility index (Phi) is 16.5. The molecule has 2 fully saturated rings. The molecule has 52 heavy (non-hydrogen) atoms. The van der Waals surface area contributed by atoms with E-state index in [9.17, 15) is 24.3 Å². The van der Waals surface area contributed by atoms with Crippen LogP contribution in [0.15, 0.2) is 42.9 Å². The number of benzene rings is 1. The molecule has 1 aromatic carbocycles. The van der Waals surface area contributed by atoms with E-state index in [1.807, 2.05) is 47.0 Å². The van der Waals surface area contributed by atoms with Crippen LogP contribution in [0, 0.1) is 11.8 Å². The van der Waals surface area contributed by atoms with Gasteiger partial charge in [0.05, 0.1) is 18.5 Å². The van der Waals surface area contributed by atoms with E-state index in [0.29, 0.717) is 43.5 Å². The summed E-state index contributed by atoms with van der Waals surface area (Å²) in [4.78, 5) is 66.4. The molecular weight excluding hydrogens is 681 g/mol. The molecule has 13 heteroatoms. The van der Waals surface area contributed by atoms with Gasteiger partial charge in [-0.15, -0.1) is 0 Å². The number of carbonyl (C=O) groups is 4. The van der Waals surface area contributed by atoms with Crippen LogP contribution >= 0.6 is 11.8 Å². The maximum atomic E-state index is 15.0. The fraction of sp³-hybridized carbons (Fsp3) is 0.667. The van der Waals surface area contributed by atoms with Crippen molar-refractivity contribution < 1.29 is 29.0 Å². The van der Waals surface area contributed by atoms with Gasteiger partial charge < -0.3 is 29.9 Å². The van der Waals surface area contributed by atoms with Gasteiger partial charge in [-0.2, -0.15) is 11.8 Å². The summed E-state index contributed by atoms with van der Waals surface area (Å²) in [5.41, 5.74) is -0.588. The summed E-state index contributed by atoms with van der Waals surface area (Å²) < 4.78 is 5.99. The molecule has 4 atom stereocenters. The number of thioether (sulfide) groups is 1. The molecule has 2 aliphatic rings. The zero-order valence-corrected chi connectivity index (χ0v) is 32.3. The fourth-order valence-electron chi connectivity index (χ4n) is 7.19. The molecule has 1 aliphatic carbocycles. The number of hydrogen-bond donors (Lipinski definition) is 4. The first-order valence-corrected chi connectivity index (χ1v) is 20.2. The number of nitrogens with zero attached hydrogens (tertiary/aromatic N) is 3. The molecule has 1 saturated heterocycles. The molecule has 0 spiro atoms. The van der Waals surface area contributed by atoms with Crippen LogP contribution in [0.3, 0.4) is 0 Å². The Balaban J connectivity index is 1.61. The van der Waals surface area contributed by atoms with Gasteiger partial charge in [0, 0.05) is 69.3 Å². The van der Waals surface area contributed by atoms with E-state index in [0.717, 1.165) is 49.2 Å². The Hall–Kier alpha value is -3.42. The summed E-state index contributed by atoms with van der Waals surface area (Å²) in [6.07, 6.45) is 7.69. The van der Waals surface area contributed by atoms with Crippen molar-refractivity contribution in [2.45, 2.75) is 108 Å². The molecule has 12 nitrogen and oxygen atoms in total. The quantitative estimate of drug-likeness (QED) is 0.154. The SMILES string of the molecule is CN[C@@](Cc1cnc[nH]1)(C(=O)N[C@@H](CC1CCCCC1)[C@@H](O)CCC(C)C)C(=O)[C@H](Cc1ccccc1)OC(=O)N(C)CCC(=O)N1CCSCC1. The lowest BCUT2D eigenvalue weighted by Gasteiger charge is -2.37. The summed E-state index contributed by atoms with van der Waals surface area (Å²) in [5.74, 6) is 1.29. The number of imidazole rings is 1.